The monoisotopic (exact) mass is 397 g/mol. The summed E-state index contributed by atoms with van der Waals surface area (Å²) in [4.78, 5) is 25.8. The second-order valence-electron chi connectivity index (χ2n) is 8.01. The number of rotatable bonds is 5. The maximum absolute atomic E-state index is 13.9. The molecule has 2 amide bonds. The van der Waals surface area contributed by atoms with Crippen molar-refractivity contribution in [2.24, 2.45) is 11.7 Å². The summed E-state index contributed by atoms with van der Waals surface area (Å²) >= 11 is 0. The third-order valence-electron chi connectivity index (χ3n) is 5.96. The van der Waals surface area contributed by atoms with Gasteiger partial charge in [-0.25, -0.2) is 13.2 Å². The van der Waals surface area contributed by atoms with Crippen molar-refractivity contribution in [3.8, 4) is 0 Å². The highest BCUT2D eigenvalue weighted by atomic mass is 19.2. The predicted molar refractivity (Wildman–Crippen MR) is 97.7 cm³/mol. The van der Waals surface area contributed by atoms with Crippen LogP contribution in [-0.4, -0.2) is 40.9 Å². The average molecular weight is 397 g/mol. The standard InChI is InChI=1S/C20H26F3N3O2/c1-10(25-11(2)27)20(28)26-14-3-4-15(26)6-13(5-14)19(24)8-12-7-17(22)18(23)9-16(12)21/h7,9-10,13-15,19H,3-6,8,24H2,1-2H3,(H,25,27)/t10?,13?,14-,15?,19-/m1/s1. The Morgan fingerprint density at radius 1 is 1.14 bits per heavy atom. The van der Waals surface area contributed by atoms with Crippen LogP contribution in [0.15, 0.2) is 12.1 Å². The van der Waals surface area contributed by atoms with Crippen molar-refractivity contribution in [3.05, 3.63) is 35.1 Å². The zero-order chi connectivity index (χ0) is 20.6. The van der Waals surface area contributed by atoms with Crippen LogP contribution < -0.4 is 11.1 Å². The minimum atomic E-state index is -1.21. The van der Waals surface area contributed by atoms with Gasteiger partial charge in [0.1, 0.15) is 11.9 Å². The molecule has 0 aromatic heterocycles. The molecule has 2 fully saturated rings. The van der Waals surface area contributed by atoms with Crippen molar-refractivity contribution in [2.75, 3.05) is 0 Å². The number of hydrogen-bond donors (Lipinski definition) is 2. The number of carbonyl (C=O) groups is 2. The van der Waals surface area contributed by atoms with Crippen molar-refractivity contribution in [1.82, 2.24) is 10.2 Å². The van der Waals surface area contributed by atoms with E-state index in [2.05, 4.69) is 5.32 Å². The topological polar surface area (TPSA) is 75.4 Å². The number of fused-ring (bicyclic) bond motifs is 2. The normalized spacial score (nSPS) is 26.1. The molecule has 2 bridgehead atoms. The van der Waals surface area contributed by atoms with E-state index in [1.165, 1.54) is 6.92 Å². The fraction of sp³-hybridized carbons (Fsp3) is 0.600. The molecule has 0 radical (unpaired) electrons. The lowest BCUT2D eigenvalue weighted by Crippen LogP contribution is -2.55. The van der Waals surface area contributed by atoms with Crippen LogP contribution >= 0.6 is 0 Å². The van der Waals surface area contributed by atoms with Crippen LogP contribution in [0.3, 0.4) is 0 Å². The maximum atomic E-state index is 13.9. The first-order chi connectivity index (χ1) is 13.2. The minimum absolute atomic E-state index is 0.0355. The molecule has 3 rings (SSSR count). The first-order valence-corrected chi connectivity index (χ1v) is 9.65. The van der Waals surface area contributed by atoms with E-state index in [0.29, 0.717) is 18.9 Å². The van der Waals surface area contributed by atoms with Gasteiger partial charge >= 0.3 is 0 Å². The average Bonchev–Trinajstić information content (AvgIpc) is 2.87. The molecule has 154 valence electrons. The Morgan fingerprint density at radius 3 is 2.29 bits per heavy atom. The Labute approximate surface area is 162 Å². The third kappa shape index (κ3) is 4.16. The van der Waals surface area contributed by atoms with Crippen LogP contribution in [0.25, 0.3) is 0 Å². The van der Waals surface area contributed by atoms with Crippen LogP contribution in [0.5, 0.6) is 0 Å². The van der Waals surface area contributed by atoms with Crippen LogP contribution in [-0.2, 0) is 16.0 Å². The highest BCUT2D eigenvalue weighted by Gasteiger charge is 2.45. The summed E-state index contributed by atoms with van der Waals surface area (Å²) in [7, 11) is 0. The SMILES string of the molecule is CC(=O)NC(C)C(=O)N1C2CC[C@@H]1CC([C@H](N)Cc1cc(F)c(F)cc1F)C2. The molecule has 5 nitrogen and oxygen atoms in total. The van der Waals surface area contributed by atoms with Crippen molar-refractivity contribution in [3.63, 3.8) is 0 Å². The van der Waals surface area contributed by atoms with E-state index >= 15 is 0 Å². The number of benzene rings is 1. The van der Waals surface area contributed by atoms with E-state index in [-0.39, 0.29) is 41.8 Å². The van der Waals surface area contributed by atoms with Gasteiger partial charge in [0.2, 0.25) is 11.8 Å². The molecule has 1 aromatic carbocycles. The number of carbonyl (C=O) groups excluding carboxylic acids is 2. The van der Waals surface area contributed by atoms with Gasteiger partial charge < -0.3 is 16.0 Å². The second kappa shape index (κ2) is 8.11. The summed E-state index contributed by atoms with van der Waals surface area (Å²) in [6.45, 7) is 3.05. The van der Waals surface area contributed by atoms with Gasteiger partial charge in [-0.05, 0) is 56.6 Å². The molecular formula is C20H26F3N3O2. The van der Waals surface area contributed by atoms with Gasteiger partial charge in [0.25, 0.3) is 0 Å². The summed E-state index contributed by atoms with van der Waals surface area (Å²) in [6, 6.07) is 0.495. The van der Waals surface area contributed by atoms with Gasteiger partial charge in [-0.1, -0.05) is 0 Å². The minimum Gasteiger partial charge on any atom is -0.345 e. The van der Waals surface area contributed by atoms with Crippen molar-refractivity contribution in [2.45, 2.75) is 70.1 Å². The molecule has 2 heterocycles. The number of nitrogens with zero attached hydrogens (tertiary/aromatic N) is 1. The zero-order valence-electron chi connectivity index (χ0n) is 16.1. The highest BCUT2D eigenvalue weighted by molar-refractivity contribution is 5.87. The number of hydrogen-bond acceptors (Lipinski definition) is 3. The second-order valence-corrected chi connectivity index (χ2v) is 8.01. The van der Waals surface area contributed by atoms with E-state index in [1.54, 1.807) is 6.92 Å². The predicted octanol–water partition coefficient (Wildman–Crippen LogP) is 2.27. The van der Waals surface area contributed by atoms with Gasteiger partial charge in [-0.3, -0.25) is 9.59 Å². The lowest BCUT2D eigenvalue weighted by atomic mass is 9.82. The van der Waals surface area contributed by atoms with E-state index < -0.39 is 29.5 Å². The molecule has 3 N–H and O–H groups in total. The van der Waals surface area contributed by atoms with Gasteiger partial charge in [0.15, 0.2) is 11.6 Å². The molecule has 3 unspecified atom stereocenters. The van der Waals surface area contributed by atoms with Crippen molar-refractivity contribution >= 4 is 11.8 Å². The lowest BCUT2D eigenvalue weighted by Gasteiger charge is -2.42. The van der Waals surface area contributed by atoms with Crippen LogP contribution in [0.1, 0.15) is 45.1 Å². The summed E-state index contributed by atoms with van der Waals surface area (Å²) in [6.07, 6.45) is 3.21. The smallest absolute Gasteiger partial charge is 0.245 e. The zero-order valence-corrected chi connectivity index (χ0v) is 16.1. The Kier molecular flexibility index (Phi) is 5.98. The Balaban J connectivity index is 1.66. The molecule has 2 aliphatic heterocycles. The van der Waals surface area contributed by atoms with Gasteiger partial charge in [0, 0.05) is 31.1 Å². The number of nitrogens with two attached hydrogens (primary N) is 1. The Morgan fingerprint density at radius 2 is 1.71 bits per heavy atom. The van der Waals surface area contributed by atoms with Crippen molar-refractivity contribution < 1.29 is 22.8 Å². The number of piperidine rings is 1. The van der Waals surface area contributed by atoms with Crippen LogP contribution in [0, 0.1) is 23.4 Å². The largest absolute Gasteiger partial charge is 0.345 e. The molecule has 2 aliphatic rings. The summed E-state index contributed by atoms with van der Waals surface area (Å²) in [5.74, 6) is -3.39. The van der Waals surface area contributed by atoms with E-state index in [4.69, 9.17) is 5.73 Å². The molecule has 2 saturated heterocycles. The molecule has 8 heteroatoms. The van der Waals surface area contributed by atoms with Crippen molar-refractivity contribution in [1.29, 1.82) is 0 Å². The van der Waals surface area contributed by atoms with E-state index in [1.807, 2.05) is 4.90 Å². The number of amides is 2. The first kappa shape index (κ1) is 20.6. The van der Waals surface area contributed by atoms with E-state index in [9.17, 15) is 22.8 Å². The highest BCUT2D eigenvalue weighted by Crippen LogP contribution is 2.40. The van der Waals surface area contributed by atoms with Gasteiger partial charge in [0.05, 0.1) is 0 Å². The van der Waals surface area contributed by atoms with Crippen LogP contribution in [0.2, 0.25) is 0 Å². The molecule has 1 aromatic rings. The summed E-state index contributed by atoms with van der Waals surface area (Å²) in [5.41, 5.74) is 6.36. The fourth-order valence-electron chi connectivity index (χ4n) is 4.66. The van der Waals surface area contributed by atoms with Gasteiger partial charge in [-0.15, -0.1) is 0 Å². The number of nitrogens with one attached hydrogen (secondary N) is 1. The molecule has 0 spiro atoms. The molecule has 5 atom stereocenters. The fourth-order valence-corrected chi connectivity index (χ4v) is 4.66. The lowest BCUT2D eigenvalue weighted by molar-refractivity contribution is -0.140. The first-order valence-electron chi connectivity index (χ1n) is 9.65. The molecule has 0 aliphatic carbocycles. The summed E-state index contributed by atoms with van der Waals surface area (Å²) < 4.78 is 40.5. The summed E-state index contributed by atoms with van der Waals surface area (Å²) in [5, 5.41) is 2.63. The quantitative estimate of drug-likeness (QED) is 0.749. The van der Waals surface area contributed by atoms with Crippen LogP contribution in [0.4, 0.5) is 13.2 Å². The Bertz CT molecular complexity index is 759. The molecular weight excluding hydrogens is 371 g/mol. The Hall–Kier alpha value is -2.09. The van der Waals surface area contributed by atoms with E-state index in [0.717, 1.165) is 18.9 Å². The maximum Gasteiger partial charge on any atom is 0.245 e. The van der Waals surface area contributed by atoms with Gasteiger partial charge in [-0.2, -0.15) is 0 Å². The number of halogens is 3. The molecule has 28 heavy (non-hydrogen) atoms. The molecule has 0 saturated carbocycles. The third-order valence-corrected chi connectivity index (χ3v) is 5.96.